The number of hydrogen-bond donors (Lipinski definition) is 30. The van der Waals surface area contributed by atoms with E-state index in [1.54, 1.807) is 0 Å². The average molecular weight is 1870 g/mol. The van der Waals surface area contributed by atoms with Crippen LogP contribution < -0.4 is 4.74 Å². The van der Waals surface area contributed by atoms with Gasteiger partial charge >= 0.3 is 59.7 Å². The highest BCUT2D eigenvalue weighted by Crippen LogP contribution is 2.61. The van der Waals surface area contributed by atoms with Gasteiger partial charge in [-0.2, -0.15) is 0 Å². The van der Waals surface area contributed by atoms with Crippen molar-refractivity contribution in [2.24, 2.45) is 0 Å². The van der Waals surface area contributed by atoms with Gasteiger partial charge in [-0.25, -0.2) is 47.9 Å². The molecule has 0 spiro atoms. The van der Waals surface area contributed by atoms with E-state index in [1.165, 1.54) is 0 Å². The summed E-state index contributed by atoms with van der Waals surface area (Å²) in [5.74, 6) is -69.5. The van der Waals surface area contributed by atoms with Crippen molar-refractivity contribution in [1.29, 1.82) is 0 Å². The molecule has 0 saturated carbocycles. The molecule has 6 heterocycles. The topological polar surface area (TPSA) is 888 Å². The van der Waals surface area contributed by atoms with Gasteiger partial charge in [0.25, 0.3) is 0 Å². The fourth-order valence-electron chi connectivity index (χ4n) is 14.8. The molecule has 10 aromatic rings. The van der Waals surface area contributed by atoms with Crippen LogP contribution in [-0.2, 0) is 52.1 Å². The van der Waals surface area contributed by atoms with E-state index in [-0.39, 0.29) is 30.3 Å². The molecule has 16 rings (SSSR count). The van der Waals surface area contributed by atoms with Crippen LogP contribution in [0, 0.1) is 0 Å². The summed E-state index contributed by atoms with van der Waals surface area (Å²) in [5, 5.41) is 333. The highest BCUT2D eigenvalue weighted by Gasteiger charge is 2.58. The van der Waals surface area contributed by atoms with Crippen LogP contribution in [-0.4, -0.2) is 281 Å². The van der Waals surface area contributed by atoms with Gasteiger partial charge in [0.1, 0.15) is 31.0 Å². The molecule has 10 unspecified atom stereocenters. The molecule has 6 aliphatic heterocycles. The second-order valence-electron chi connectivity index (χ2n) is 29.2. The van der Waals surface area contributed by atoms with Crippen LogP contribution in [0.4, 0.5) is 0 Å². The third kappa shape index (κ3) is 14.6. The maximum Gasteiger partial charge on any atom is 0.344 e. The number of phenolic OH excluding ortho intramolecular Hbond substituents is 29. The van der Waals surface area contributed by atoms with Crippen LogP contribution in [0.3, 0.4) is 0 Å². The quantitative estimate of drug-likeness (QED) is 0.0501. The number of benzene rings is 10. The zero-order valence-corrected chi connectivity index (χ0v) is 65.5. The Bertz CT molecular complexity index is 6840. The molecule has 0 aromatic heterocycles. The first-order valence-electron chi connectivity index (χ1n) is 37.1. The molecule has 0 amide bonds. The van der Waals surface area contributed by atoms with Crippen molar-refractivity contribution >= 4 is 59.7 Å². The number of carbonyl (C=O) groups excluding carboxylic acids is 10. The van der Waals surface area contributed by atoms with E-state index in [9.17, 15) is 182 Å². The van der Waals surface area contributed by atoms with Crippen LogP contribution in [0.5, 0.6) is 178 Å². The molecule has 4 bridgehead atoms. The van der Waals surface area contributed by atoms with Gasteiger partial charge in [-0.3, -0.25) is 0 Å². The van der Waals surface area contributed by atoms with Crippen molar-refractivity contribution in [2.45, 2.75) is 61.2 Å². The molecule has 52 heteroatoms. The Hall–Kier alpha value is -19.2. The molecule has 10 atom stereocenters. The second kappa shape index (κ2) is 32.6. The zero-order valence-electron chi connectivity index (χ0n) is 65.5. The summed E-state index contributed by atoms with van der Waals surface area (Å²) in [6.07, 6.45) is -29.7. The lowest BCUT2D eigenvalue weighted by Crippen LogP contribution is -2.63. The maximum atomic E-state index is 15.6. The number of aliphatic hydroxyl groups is 1. The summed E-state index contributed by atoms with van der Waals surface area (Å²) in [5.41, 5.74) is -22.8. The number of carbonyl (C=O) groups is 10. The minimum absolute atomic E-state index is 0.0534. The van der Waals surface area contributed by atoms with E-state index in [1.807, 2.05) is 0 Å². The van der Waals surface area contributed by atoms with Gasteiger partial charge in [0, 0.05) is 51.1 Å². The minimum Gasteiger partial charge on any atom is -0.504 e. The average Bonchev–Trinajstić information content (AvgIpc) is 0.740. The standard InChI is InChI=1S/C82H56O52/c83-24-1-15(2-25(84)46(24)94)72(113)126-36-13-123-76(117)22-12-35(54(102)59(107)41(22)40-20(9-32(91)51(99)57(40)105)77(118)128-66(36)69-68-62(110)45-44(81(122)130-68)43(60(108)63(111)61(45)109)42-21(79(120)132-69)10-33(92)52(100)58(42)106)125-65-23(11-34(93)53(101)64(65)112)80(121)134-82-71(133-74(115)17-5-28(87)48(96)29(88)6-17)70(131-73(114)16-3-26(85)47(95)27(86)4-16)67-37(127-82)14-124-75(116)18-7-30(89)49(97)55(103)38(18)39-19(78(119)129-67)8-31(90)50(98)56(39)104/h1-12,36-37,62,66-71,82-112H,13-14H2. The van der Waals surface area contributed by atoms with Gasteiger partial charge < -0.3 is 210 Å². The van der Waals surface area contributed by atoms with Crippen LogP contribution >= 0.6 is 0 Å². The summed E-state index contributed by atoms with van der Waals surface area (Å²) < 4.78 is 68.3. The largest absolute Gasteiger partial charge is 0.504 e. The van der Waals surface area contributed by atoms with E-state index in [0.717, 1.165) is 0 Å². The fourth-order valence-corrected chi connectivity index (χ4v) is 14.8. The van der Waals surface area contributed by atoms with Gasteiger partial charge in [-0.15, -0.1) is 0 Å². The van der Waals surface area contributed by atoms with Crippen LogP contribution in [0.15, 0.2) is 72.8 Å². The molecular weight excluding hydrogens is 1820 g/mol. The van der Waals surface area contributed by atoms with E-state index in [0.29, 0.717) is 42.5 Å². The van der Waals surface area contributed by atoms with E-state index < -0.39 is 407 Å². The summed E-state index contributed by atoms with van der Waals surface area (Å²) in [4.78, 5) is 150. The highest BCUT2D eigenvalue weighted by molar-refractivity contribution is 6.13. The number of fused-ring (bicyclic) bond motifs is 10. The number of hydrogen-bond acceptors (Lipinski definition) is 52. The number of esters is 10. The molecule has 6 aliphatic rings. The molecule has 1 fully saturated rings. The molecular formula is C82H56O52. The van der Waals surface area contributed by atoms with Crippen molar-refractivity contribution in [1.82, 2.24) is 0 Å². The minimum atomic E-state index is -3.15. The molecule has 1 saturated heterocycles. The smallest absolute Gasteiger partial charge is 0.344 e. The molecule has 134 heavy (non-hydrogen) atoms. The number of aromatic hydroxyl groups is 29. The van der Waals surface area contributed by atoms with Gasteiger partial charge in [0.2, 0.25) is 58.4 Å². The molecule has 10 aromatic carbocycles. The molecule has 0 radical (unpaired) electrons. The summed E-state index contributed by atoms with van der Waals surface area (Å²) >= 11 is 0. The first-order chi connectivity index (χ1) is 63.0. The maximum absolute atomic E-state index is 15.6. The van der Waals surface area contributed by atoms with Crippen molar-refractivity contribution in [2.75, 3.05) is 13.2 Å². The zero-order chi connectivity index (χ0) is 97.6. The first kappa shape index (κ1) is 89.6. The number of ether oxygens (including phenoxy) is 12. The van der Waals surface area contributed by atoms with E-state index in [2.05, 4.69) is 0 Å². The number of phenols is 29. The third-order valence-electron chi connectivity index (χ3n) is 21.2. The Labute approximate surface area is 735 Å². The Balaban J connectivity index is 0.877. The Kier molecular flexibility index (Phi) is 21.8. The Morgan fingerprint density at radius 2 is 0.612 bits per heavy atom. The summed E-state index contributed by atoms with van der Waals surface area (Å²) in [7, 11) is 0. The Morgan fingerprint density at radius 1 is 0.276 bits per heavy atom. The normalized spacial score (nSPS) is 19.5. The van der Waals surface area contributed by atoms with Gasteiger partial charge in [-0.05, 0) is 60.7 Å². The first-order valence-corrected chi connectivity index (χ1v) is 37.1. The third-order valence-corrected chi connectivity index (χ3v) is 21.2. The SMILES string of the molecule is O=C(OC1COC(=O)c2cc(Oc3c(C(=O)OC4OC5COC(=O)c6cc(O)c(O)c(O)c6-c6c(cc(O)c(O)c6O)C(=O)OC5C(OC(=O)c5cc(O)c(O)c(O)c5)C4OC(=O)c4cc(O)c(O)c(O)c4)cc(O)c(O)c3O)c(O)c(O)c2-c2c(cc(O)c(O)c2O)C(=O)OC1C1OC(=O)c2cc(O)c(O)c(O)c2-c2c(O)c(O)c(O)c3c2C(=O)OC1C3O)c1cc(O)c(O)c(O)c1. The van der Waals surface area contributed by atoms with E-state index in [4.69, 9.17) is 56.8 Å². The lowest BCUT2D eigenvalue weighted by atomic mass is 9.82. The lowest BCUT2D eigenvalue weighted by molar-refractivity contribution is -0.282. The van der Waals surface area contributed by atoms with Crippen molar-refractivity contribution in [3.05, 3.63) is 134 Å². The summed E-state index contributed by atoms with van der Waals surface area (Å²) in [6.45, 7) is -3.53. The van der Waals surface area contributed by atoms with Gasteiger partial charge in [0.05, 0.1) is 50.1 Å². The number of rotatable bonds is 11. The molecule has 696 valence electrons. The van der Waals surface area contributed by atoms with Crippen LogP contribution in [0.2, 0.25) is 0 Å². The van der Waals surface area contributed by atoms with Crippen LogP contribution in [0.25, 0.3) is 33.4 Å². The van der Waals surface area contributed by atoms with Crippen molar-refractivity contribution < 1.29 is 258 Å². The van der Waals surface area contributed by atoms with Crippen LogP contribution in [0.1, 0.15) is 115 Å². The van der Waals surface area contributed by atoms with E-state index >= 15 is 19.2 Å². The van der Waals surface area contributed by atoms with Gasteiger partial charge in [0.15, 0.2) is 169 Å². The highest BCUT2D eigenvalue weighted by atomic mass is 16.8. The predicted molar refractivity (Wildman–Crippen MR) is 414 cm³/mol. The fraction of sp³-hybridized carbons (Fsp3) is 0.146. The van der Waals surface area contributed by atoms with Gasteiger partial charge in [-0.1, -0.05) is 0 Å². The Morgan fingerprint density at radius 3 is 1.05 bits per heavy atom. The van der Waals surface area contributed by atoms with Crippen molar-refractivity contribution in [3.8, 4) is 212 Å². The summed E-state index contributed by atoms with van der Waals surface area (Å²) in [6, 6.07) is 3.20. The predicted octanol–water partition coefficient (Wildman–Crippen LogP) is 3.40. The number of aliphatic hydroxyl groups excluding tert-OH is 1. The second-order valence-corrected chi connectivity index (χ2v) is 29.2. The molecule has 30 N–H and O–H groups in total. The molecule has 52 nitrogen and oxygen atoms in total. The monoisotopic (exact) mass is 1870 g/mol. The molecule has 0 aliphatic carbocycles. The van der Waals surface area contributed by atoms with Crippen molar-refractivity contribution in [3.63, 3.8) is 0 Å². The number of cyclic esters (lactones) is 3. The lowest BCUT2D eigenvalue weighted by Gasteiger charge is -2.43.